The number of aliphatic hydroxyl groups excluding tert-OH is 1. The second kappa shape index (κ2) is 9.27. The Morgan fingerprint density at radius 1 is 1.40 bits per heavy atom. The number of hydrogen-bond donors (Lipinski definition) is 1. The normalized spacial score (nSPS) is 10.8. The van der Waals surface area contributed by atoms with E-state index in [1.165, 1.54) is 0 Å². The molecule has 1 aromatic rings. The van der Waals surface area contributed by atoms with Gasteiger partial charge in [0.15, 0.2) is 0 Å². The zero-order chi connectivity index (χ0) is 15.0. The lowest BCUT2D eigenvalue weighted by Gasteiger charge is -2.26. The number of hydrogen-bond acceptors (Lipinski definition) is 3. The Hall–Kier alpha value is -0.710. The van der Waals surface area contributed by atoms with E-state index in [2.05, 4.69) is 0 Å². The second-order valence-corrected chi connectivity index (χ2v) is 6.33. The number of carbonyl (C=O) groups excluding carboxylic acids is 1. The predicted octanol–water partition coefficient (Wildman–Crippen LogP) is 3.44. The van der Waals surface area contributed by atoms with Crippen LogP contribution in [-0.2, 0) is 4.79 Å². The van der Waals surface area contributed by atoms with Gasteiger partial charge < -0.3 is 10.0 Å². The van der Waals surface area contributed by atoms with Gasteiger partial charge in [0.2, 0.25) is 5.91 Å². The summed E-state index contributed by atoms with van der Waals surface area (Å²) in [7, 11) is 0. The molecule has 0 saturated carbocycles. The molecule has 0 aliphatic rings. The van der Waals surface area contributed by atoms with Crippen LogP contribution in [0.15, 0.2) is 29.2 Å². The lowest BCUT2D eigenvalue weighted by molar-refractivity contribution is -0.132. The van der Waals surface area contributed by atoms with Crippen LogP contribution >= 0.6 is 23.4 Å². The average molecular weight is 316 g/mol. The summed E-state index contributed by atoms with van der Waals surface area (Å²) < 4.78 is 0. The van der Waals surface area contributed by atoms with E-state index in [1.807, 2.05) is 43.0 Å². The zero-order valence-corrected chi connectivity index (χ0v) is 13.6. The van der Waals surface area contributed by atoms with E-state index in [0.717, 1.165) is 9.92 Å². The highest BCUT2D eigenvalue weighted by atomic mass is 35.5. The predicted molar refractivity (Wildman–Crippen MR) is 85.3 cm³/mol. The monoisotopic (exact) mass is 315 g/mol. The van der Waals surface area contributed by atoms with Crippen LogP contribution in [0.5, 0.6) is 0 Å². The molecule has 1 N–H and O–H groups in total. The standard InChI is InChI=1S/C15H22ClNO2S/c1-12(2)17(9-5-10-18)15(19)8-11-20-14-7-4-3-6-13(14)16/h3-4,6-7,12,18H,5,8-11H2,1-2H3. The van der Waals surface area contributed by atoms with E-state index in [1.54, 1.807) is 11.8 Å². The van der Waals surface area contributed by atoms with Crippen LogP contribution in [0.3, 0.4) is 0 Å². The summed E-state index contributed by atoms with van der Waals surface area (Å²) in [4.78, 5) is 15.0. The quantitative estimate of drug-likeness (QED) is 0.747. The third-order valence-electron chi connectivity index (χ3n) is 2.91. The fourth-order valence-corrected chi connectivity index (χ4v) is 3.04. The number of rotatable bonds is 8. The van der Waals surface area contributed by atoms with Gasteiger partial charge in [-0.05, 0) is 32.4 Å². The minimum Gasteiger partial charge on any atom is -0.396 e. The number of aliphatic hydroxyl groups is 1. The second-order valence-electron chi connectivity index (χ2n) is 4.79. The van der Waals surface area contributed by atoms with E-state index in [9.17, 15) is 4.79 Å². The summed E-state index contributed by atoms with van der Waals surface area (Å²) in [6.07, 6.45) is 1.11. The number of thioether (sulfide) groups is 1. The molecule has 1 amide bonds. The molecule has 0 unspecified atom stereocenters. The highest BCUT2D eigenvalue weighted by molar-refractivity contribution is 7.99. The Morgan fingerprint density at radius 3 is 2.70 bits per heavy atom. The van der Waals surface area contributed by atoms with Crippen molar-refractivity contribution in [2.75, 3.05) is 18.9 Å². The summed E-state index contributed by atoms with van der Waals surface area (Å²) in [6, 6.07) is 7.82. The van der Waals surface area contributed by atoms with Crippen molar-refractivity contribution in [3.05, 3.63) is 29.3 Å². The van der Waals surface area contributed by atoms with Gasteiger partial charge in [-0.15, -0.1) is 11.8 Å². The lowest BCUT2D eigenvalue weighted by Crippen LogP contribution is -2.38. The fourth-order valence-electron chi connectivity index (χ4n) is 1.87. The SMILES string of the molecule is CC(C)N(CCCO)C(=O)CCSc1ccccc1Cl. The van der Waals surface area contributed by atoms with E-state index in [4.69, 9.17) is 16.7 Å². The molecule has 0 saturated heterocycles. The third kappa shape index (κ3) is 5.73. The zero-order valence-electron chi connectivity index (χ0n) is 12.0. The lowest BCUT2D eigenvalue weighted by atomic mass is 10.2. The number of halogens is 1. The summed E-state index contributed by atoms with van der Waals surface area (Å²) in [5.41, 5.74) is 0. The van der Waals surface area contributed by atoms with Crippen molar-refractivity contribution in [2.45, 2.75) is 37.6 Å². The van der Waals surface area contributed by atoms with E-state index >= 15 is 0 Å². The Morgan fingerprint density at radius 2 is 2.10 bits per heavy atom. The van der Waals surface area contributed by atoms with Crippen molar-refractivity contribution in [2.24, 2.45) is 0 Å². The molecule has 0 radical (unpaired) electrons. The third-order valence-corrected chi connectivity index (χ3v) is 4.43. The Kier molecular flexibility index (Phi) is 8.04. The maximum absolute atomic E-state index is 12.2. The van der Waals surface area contributed by atoms with Crippen molar-refractivity contribution < 1.29 is 9.90 Å². The number of carbonyl (C=O) groups is 1. The number of amides is 1. The fraction of sp³-hybridized carbons (Fsp3) is 0.533. The van der Waals surface area contributed by atoms with E-state index in [0.29, 0.717) is 25.1 Å². The van der Waals surface area contributed by atoms with Gasteiger partial charge in [-0.3, -0.25) is 4.79 Å². The van der Waals surface area contributed by atoms with Crippen LogP contribution in [0.25, 0.3) is 0 Å². The van der Waals surface area contributed by atoms with Gasteiger partial charge in [-0.1, -0.05) is 23.7 Å². The minimum absolute atomic E-state index is 0.116. The van der Waals surface area contributed by atoms with Crippen LogP contribution in [0, 0.1) is 0 Å². The van der Waals surface area contributed by atoms with E-state index in [-0.39, 0.29) is 18.6 Å². The molecule has 0 aromatic heterocycles. The average Bonchev–Trinajstić information content (AvgIpc) is 2.41. The minimum atomic E-state index is 0.116. The van der Waals surface area contributed by atoms with Gasteiger partial charge in [0.05, 0.1) is 5.02 Å². The Bertz CT molecular complexity index is 426. The van der Waals surface area contributed by atoms with Crippen molar-refractivity contribution in [3.8, 4) is 0 Å². The molecule has 5 heteroatoms. The molecular weight excluding hydrogens is 294 g/mol. The van der Waals surface area contributed by atoms with E-state index < -0.39 is 0 Å². The smallest absolute Gasteiger partial charge is 0.223 e. The molecule has 20 heavy (non-hydrogen) atoms. The largest absolute Gasteiger partial charge is 0.396 e. The summed E-state index contributed by atoms with van der Waals surface area (Å²) in [5.74, 6) is 0.846. The molecule has 0 fully saturated rings. The molecule has 1 aromatic carbocycles. The van der Waals surface area contributed by atoms with Crippen LogP contribution in [0.2, 0.25) is 5.02 Å². The van der Waals surface area contributed by atoms with Crippen LogP contribution in [0.4, 0.5) is 0 Å². The van der Waals surface area contributed by atoms with Gasteiger partial charge in [0, 0.05) is 36.3 Å². The maximum Gasteiger partial charge on any atom is 0.223 e. The Balaban J connectivity index is 2.43. The molecule has 0 bridgehead atoms. The van der Waals surface area contributed by atoms with Gasteiger partial charge in [-0.25, -0.2) is 0 Å². The Labute approximate surface area is 130 Å². The number of benzene rings is 1. The first-order valence-electron chi connectivity index (χ1n) is 6.84. The van der Waals surface area contributed by atoms with Crippen LogP contribution in [0.1, 0.15) is 26.7 Å². The first kappa shape index (κ1) is 17.3. The highest BCUT2D eigenvalue weighted by Crippen LogP contribution is 2.27. The summed E-state index contributed by atoms with van der Waals surface area (Å²) in [5, 5.41) is 9.60. The molecule has 3 nitrogen and oxygen atoms in total. The van der Waals surface area contributed by atoms with Gasteiger partial charge in [0.25, 0.3) is 0 Å². The van der Waals surface area contributed by atoms with Crippen LogP contribution in [-0.4, -0.2) is 40.9 Å². The van der Waals surface area contributed by atoms with Crippen molar-refractivity contribution in [3.63, 3.8) is 0 Å². The molecule has 1 rings (SSSR count). The first-order valence-corrected chi connectivity index (χ1v) is 8.20. The molecule has 112 valence electrons. The highest BCUT2D eigenvalue weighted by Gasteiger charge is 2.16. The topological polar surface area (TPSA) is 40.5 Å². The molecule has 0 spiro atoms. The molecular formula is C15H22ClNO2S. The van der Waals surface area contributed by atoms with Crippen molar-refractivity contribution in [1.29, 1.82) is 0 Å². The van der Waals surface area contributed by atoms with Gasteiger partial charge in [-0.2, -0.15) is 0 Å². The molecule has 0 heterocycles. The van der Waals surface area contributed by atoms with Gasteiger partial charge >= 0.3 is 0 Å². The number of nitrogens with zero attached hydrogens (tertiary/aromatic N) is 1. The molecule has 0 atom stereocenters. The van der Waals surface area contributed by atoms with Gasteiger partial charge in [0.1, 0.15) is 0 Å². The summed E-state index contributed by atoms with van der Waals surface area (Å²) >= 11 is 7.68. The van der Waals surface area contributed by atoms with Crippen molar-refractivity contribution >= 4 is 29.3 Å². The molecule has 0 aliphatic carbocycles. The maximum atomic E-state index is 12.2. The van der Waals surface area contributed by atoms with Crippen molar-refractivity contribution in [1.82, 2.24) is 4.90 Å². The van der Waals surface area contributed by atoms with Crippen LogP contribution < -0.4 is 0 Å². The molecule has 0 aliphatic heterocycles. The first-order chi connectivity index (χ1) is 9.56. The summed E-state index contributed by atoms with van der Waals surface area (Å²) in [6.45, 7) is 4.72.